The number of nitrogens with two attached hydrogens (primary N) is 1. The van der Waals surface area contributed by atoms with Crippen LogP contribution in [-0.2, 0) is 10.2 Å². The lowest BCUT2D eigenvalue weighted by atomic mass is 9.90. The first-order chi connectivity index (χ1) is 15.5. The normalized spacial score (nSPS) is 11.2. The molecule has 0 amide bonds. The van der Waals surface area contributed by atoms with Crippen LogP contribution in [0.15, 0.2) is 36.5 Å². The van der Waals surface area contributed by atoms with Crippen LogP contribution in [0.25, 0.3) is 0 Å². The van der Waals surface area contributed by atoms with E-state index in [1.807, 2.05) is 32.0 Å². The molecule has 9 heteroatoms. The molecule has 0 saturated heterocycles. The molecule has 1 aromatic heterocycles. The molecule has 176 valence electrons. The topological polar surface area (TPSA) is 139 Å². The third kappa shape index (κ3) is 9.55. The highest BCUT2D eigenvalue weighted by Gasteiger charge is 2.22. The van der Waals surface area contributed by atoms with Gasteiger partial charge in [0.25, 0.3) is 5.92 Å². The fourth-order valence-corrected chi connectivity index (χ4v) is 2.53. The molecule has 7 nitrogen and oxygen atoms in total. The Morgan fingerprint density at radius 2 is 1.82 bits per heavy atom. The summed E-state index contributed by atoms with van der Waals surface area (Å²) in [5.74, 6) is -3.14. The third-order valence-corrected chi connectivity index (χ3v) is 4.39. The minimum Gasteiger partial charge on any atom is -0.378 e. The molecule has 1 aromatic carbocycles. The van der Waals surface area contributed by atoms with Gasteiger partial charge >= 0.3 is 0 Å². The predicted molar refractivity (Wildman–Crippen MR) is 125 cm³/mol. The van der Waals surface area contributed by atoms with Crippen LogP contribution in [0.3, 0.4) is 0 Å². The molecule has 33 heavy (non-hydrogen) atoms. The number of hydrogen-bond donors (Lipinski definition) is 3. The van der Waals surface area contributed by atoms with Gasteiger partial charge in [-0.25, -0.2) is 0 Å². The van der Waals surface area contributed by atoms with Gasteiger partial charge in [-0.05, 0) is 57.1 Å². The summed E-state index contributed by atoms with van der Waals surface area (Å²) in [6.45, 7) is 6.30. The van der Waals surface area contributed by atoms with Crippen molar-refractivity contribution in [3.05, 3.63) is 58.9 Å². The van der Waals surface area contributed by atoms with E-state index in [2.05, 4.69) is 35.1 Å². The van der Waals surface area contributed by atoms with Gasteiger partial charge in [0.1, 0.15) is 0 Å². The monoisotopic (exact) mass is 456 g/mol. The summed E-state index contributed by atoms with van der Waals surface area (Å²) in [4.78, 5) is 13.5. The molecule has 2 rings (SSSR count). The number of carbonyl (C=O) groups excluding carboxylic acids is 1. The second kappa shape index (κ2) is 13.7. The maximum atomic E-state index is 11.1. The molecule has 0 aliphatic heterocycles. The molecule has 0 fully saturated rings. The number of halogens is 2. The summed E-state index contributed by atoms with van der Waals surface area (Å²) in [7, 11) is 1.50. The third-order valence-electron chi connectivity index (χ3n) is 4.39. The van der Waals surface area contributed by atoms with Crippen LogP contribution in [0, 0.1) is 28.1 Å². The number of rotatable bonds is 7. The molecule has 0 unspecified atom stereocenters. The highest BCUT2D eigenvalue weighted by atomic mass is 19.3. The van der Waals surface area contributed by atoms with Crippen molar-refractivity contribution in [1.82, 2.24) is 4.98 Å². The van der Waals surface area contributed by atoms with E-state index in [0.717, 1.165) is 23.4 Å². The van der Waals surface area contributed by atoms with Gasteiger partial charge in [-0.15, -0.1) is 0 Å². The Balaban J connectivity index is 0.00000111. The molecule has 0 radical (unpaired) electrons. The lowest BCUT2D eigenvalue weighted by molar-refractivity contribution is -0.126. The van der Waals surface area contributed by atoms with Crippen molar-refractivity contribution >= 4 is 18.2 Å². The molecular formula is C24H30F2N6O. The molecule has 0 spiro atoms. The van der Waals surface area contributed by atoms with Crippen LogP contribution in [0.2, 0.25) is 0 Å². The van der Waals surface area contributed by atoms with Gasteiger partial charge in [0.05, 0.1) is 34.9 Å². The van der Waals surface area contributed by atoms with Gasteiger partial charge in [-0.2, -0.15) is 19.3 Å². The number of pyridine rings is 1. The SMILES string of the molecule is CC(F)(F)C=O.CC[C@H](Nc1ccc(C#N)cc1C=N)c1ccc(C(C)(C)C#N)nc1.CN. The van der Waals surface area contributed by atoms with Crippen LogP contribution in [-0.4, -0.2) is 30.5 Å². The van der Waals surface area contributed by atoms with Crippen molar-refractivity contribution in [3.8, 4) is 12.1 Å². The highest BCUT2D eigenvalue weighted by Crippen LogP contribution is 2.27. The molecule has 1 heterocycles. The van der Waals surface area contributed by atoms with E-state index in [9.17, 15) is 14.0 Å². The van der Waals surface area contributed by atoms with Crippen molar-refractivity contribution in [2.75, 3.05) is 12.4 Å². The fraction of sp³-hybridized carbons (Fsp3) is 0.375. The Labute approximate surface area is 193 Å². The van der Waals surface area contributed by atoms with E-state index in [-0.39, 0.29) is 6.04 Å². The van der Waals surface area contributed by atoms with Crippen LogP contribution in [0.4, 0.5) is 14.5 Å². The maximum Gasteiger partial charge on any atom is 0.299 e. The van der Waals surface area contributed by atoms with Gasteiger partial charge in [0, 0.05) is 30.6 Å². The van der Waals surface area contributed by atoms with Gasteiger partial charge < -0.3 is 16.5 Å². The van der Waals surface area contributed by atoms with Gasteiger partial charge in [-0.1, -0.05) is 13.0 Å². The molecule has 0 saturated carbocycles. The van der Waals surface area contributed by atoms with Gasteiger partial charge in [0.2, 0.25) is 0 Å². The van der Waals surface area contributed by atoms with Crippen LogP contribution < -0.4 is 11.1 Å². The number of aromatic nitrogens is 1. The Morgan fingerprint density at radius 1 is 1.21 bits per heavy atom. The minimum atomic E-state index is -3.14. The number of aldehydes is 1. The van der Waals surface area contributed by atoms with E-state index in [1.165, 1.54) is 13.3 Å². The summed E-state index contributed by atoms with van der Waals surface area (Å²) >= 11 is 0. The molecule has 1 atom stereocenters. The second-order valence-corrected chi connectivity index (χ2v) is 7.45. The smallest absolute Gasteiger partial charge is 0.299 e. The first kappa shape index (κ1) is 29.3. The summed E-state index contributed by atoms with van der Waals surface area (Å²) in [6, 6.07) is 13.5. The van der Waals surface area contributed by atoms with Crippen molar-refractivity contribution < 1.29 is 13.6 Å². The summed E-state index contributed by atoms with van der Waals surface area (Å²) in [5.41, 5.74) is 7.65. The van der Waals surface area contributed by atoms with E-state index in [1.54, 1.807) is 18.3 Å². The Hall–Kier alpha value is -3.69. The van der Waals surface area contributed by atoms with Crippen molar-refractivity contribution in [3.63, 3.8) is 0 Å². The second-order valence-electron chi connectivity index (χ2n) is 7.45. The fourth-order valence-electron chi connectivity index (χ4n) is 2.53. The average molecular weight is 457 g/mol. The summed E-state index contributed by atoms with van der Waals surface area (Å²) in [6.07, 6.45) is 3.48. The van der Waals surface area contributed by atoms with E-state index in [0.29, 0.717) is 18.1 Å². The molecule has 0 aliphatic rings. The maximum absolute atomic E-state index is 11.1. The Morgan fingerprint density at radius 3 is 2.21 bits per heavy atom. The van der Waals surface area contributed by atoms with E-state index >= 15 is 0 Å². The van der Waals surface area contributed by atoms with Crippen LogP contribution in [0.5, 0.6) is 0 Å². The minimum absolute atomic E-state index is 0.0263. The number of nitriles is 2. The van der Waals surface area contributed by atoms with Crippen LogP contribution >= 0.6 is 0 Å². The van der Waals surface area contributed by atoms with Gasteiger partial charge in [0.15, 0.2) is 6.29 Å². The average Bonchev–Trinajstić information content (AvgIpc) is 2.83. The largest absolute Gasteiger partial charge is 0.378 e. The zero-order valence-corrected chi connectivity index (χ0v) is 19.5. The van der Waals surface area contributed by atoms with Crippen molar-refractivity contribution in [1.29, 1.82) is 15.9 Å². The van der Waals surface area contributed by atoms with Crippen molar-refractivity contribution in [2.45, 2.75) is 51.5 Å². The van der Waals surface area contributed by atoms with Crippen LogP contribution in [0.1, 0.15) is 62.5 Å². The zero-order chi connectivity index (χ0) is 25.7. The number of alkyl halides is 2. The standard InChI is InChI=1S/C20H21N5.C3H4F2O.CH5N/c1-4-17(15-6-8-19(24-12-15)20(2,3)13-23)25-18-7-5-14(10-21)9-16(18)11-22;1-3(4,5)2-6;1-2/h5-9,11-12,17,22,25H,4H2,1-3H3;2H,1H3;2H2,1H3/t17-;;/m0../s1. The van der Waals surface area contributed by atoms with E-state index in [4.69, 9.17) is 15.5 Å². The molecule has 2 aromatic rings. The number of carbonyl (C=O) groups is 1. The Kier molecular flexibility index (Phi) is 12.1. The van der Waals surface area contributed by atoms with Gasteiger partial charge in [-0.3, -0.25) is 9.78 Å². The molecule has 0 bridgehead atoms. The number of hydrogen-bond acceptors (Lipinski definition) is 7. The summed E-state index contributed by atoms with van der Waals surface area (Å²) < 4.78 is 22.2. The molecule has 4 N–H and O–H groups in total. The van der Waals surface area contributed by atoms with Crippen molar-refractivity contribution in [2.24, 2.45) is 5.73 Å². The highest BCUT2D eigenvalue weighted by molar-refractivity contribution is 5.86. The molecule has 0 aliphatic carbocycles. The zero-order valence-electron chi connectivity index (χ0n) is 19.5. The lowest BCUT2D eigenvalue weighted by Gasteiger charge is -2.21. The Bertz CT molecular complexity index is 986. The quantitative estimate of drug-likeness (QED) is 0.406. The number of nitrogens with zero attached hydrogens (tertiary/aromatic N) is 3. The van der Waals surface area contributed by atoms with E-state index < -0.39 is 17.6 Å². The molecular weight excluding hydrogens is 426 g/mol. The first-order valence-corrected chi connectivity index (χ1v) is 10.1. The first-order valence-electron chi connectivity index (χ1n) is 10.1. The number of anilines is 1. The number of nitrogens with one attached hydrogen (secondary N) is 2. The summed E-state index contributed by atoms with van der Waals surface area (Å²) in [5, 5.41) is 29.2. The predicted octanol–water partition coefficient (Wildman–Crippen LogP) is 4.73. The lowest BCUT2D eigenvalue weighted by Crippen LogP contribution is -2.17. The number of benzene rings is 1.